The Labute approximate surface area is 167 Å². The van der Waals surface area contributed by atoms with Crippen molar-refractivity contribution in [3.05, 3.63) is 52.8 Å². The summed E-state index contributed by atoms with van der Waals surface area (Å²) < 4.78 is 23.9. The number of carbonyl (C=O) groups is 1. The molecule has 0 radical (unpaired) electrons. The Morgan fingerprint density at radius 3 is 2.57 bits per heavy atom. The van der Waals surface area contributed by atoms with Gasteiger partial charge in [0.1, 0.15) is 38.5 Å². The Hall–Kier alpha value is -2.35. The van der Waals surface area contributed by atoms with E-state index < -0.39 is 5.82 Å². The van der Waals surface area contributed by atoms with E-state index in [0.717, 1.165) is 44.2 Å². The molecule has 0 spiro atoms. The van der Waals surface area contributed by atoms with Crippen LogP contribution in [0.25, 0.3) is 0 Å². The van der Waals surface area contributed by atoms with Crippen molar-refractivity contribution in [1.82, 2.24) is 0 Å². The highest BCUT2D eigenvalue weighted by Crippen LogP contribution is 2.32. The van der Waals surface area contributed by atoms with E-state index in [2.05, 4.69) is 17.4 Å². The van der Waals surface area contributed by atoms with Gasteiger partial charge in [0.05, 0.1) is 10.7 Å². The molecule has 3 N–H and O–H groups in total. The lowest BCUT2D eigenvalue weighted by molar-refractivity contribution is -1.02. The number of anilines is 1. The fourth-order valence-electron chi connectivity index (χ4n) is 3.66. The van der Waals surface area contributed by atoms with Crippen LogP contribution < -0.4 is 24.6 Å². The van der Waals surface area contributed by atoms with Crippen LogP contribution in [0.15, 0.2) is 36.4 Å². The van der Waals surface area contributed by atoms with Crippen LogP contribution in [0.3, 0.4) is 0 Å². The molecule has 0 saturated carbocycles. The van der Waals surface area contributed by atoms with Gasteiger partial charge >= 0.3 is 0 Å². The summed E-state index contributed by atoms with van der Waals surface area (Å²) in [6.45, 7) is 5.43. The van der Waals surface area contributed by atoms with E-state index in [1.54, 1.807) is 0 Å². The van der Waals surface area contributed by atoms with Crippen molar-refractivity contribution in [1.29, 1.82) is 0 Å². The highest BCUT2D eigenvalue weighted by atomic mass is 35.5. The Morgan fingerprint density at radius 1 is 1.04 bits per heavy atom. The Kier molecular flexibility index (Phi) is 5.66. The summed E-state index contributed by atoms with van der Waals surface area (Å²) in [5, 5.41) is 2.98. The number of carbonyl (C=O) groups excluding carboxylic acids is 1. The first-order valence-corrected chi connectivity index (χ1v) is 9.75. The zero-order valence-electron chi connectivity index (χ0n) is 15.4. The maximum Gasteiger partial charge on any atom is 0.279 e. The molecule has 2 heterocycles. The molecule has 1 amide bonds. The number of benzene rings is 2. The number of piperazine rings is 1. The van der Waals surface area contributed by atoms with Crippen LogP contribution in [-0.4, -0.2) is 45.4 Å². The molecule has 0 aromatic heterocycles. The Balaban J connectivity index is 1.24. The largest absolute Gasteiger partial charge is 0.454 e. The van der Waals surface area contributed by atoms with Gasteiger partial charge in [-0.15, -0.1) is 0 Å². The molecule has 28 heavy (non-hydrogen) atoms. The number of rotatable bonds is 5. The lowest BCUT2D eigenvalue weighted by Gasteiger charge is -2.29. The van der Waals surface area contributed by atoms with Crippen LogP contribution in [0.4, 0.5) is 10.1 Å². The molecule has 148 valence electrons. The summed E-state index contributed by atoms with van der Waals surface area (Å²) in [7, 11) is 0. The standard InChI is InChI=1S/C20H21ClFN3O3/c21-16-10-15(22)2-3-17(16)23-20(26)12-25-7-5-24(6-8-25)11-14-1-4-18-19(9-14)28-13-27-18/h1-4,9-10H,5-8,11-13H2,(H,23,26)/p+2. The van der Waals surface area contributed by atoms with Gasteiger partial charge in [-0.2, -0.15) is 0 Å². The molecule has 0 unspecified atom stereocenters. The van der Waals surface area contributed by atoms with Gasteiger partial charge in [-0.1, -0.05) is 11.6 Å². The fraction of sp³-hybridized carbons (Fsp3) is 0.350. The molecule has 2 aromatic carbocycles. The summed E-state index contributed by atoms with van der Waals surface area (Å²) in [5.74, 6) is 1.09. The molecule has 1 fully saturated rings. The number of halogens is 2. The molecular formula is C20H23ClFN3O3+2. The summed E-state index contributed by atoms with van der Waals surface area (Å²) in [5.41, 5.74) is 1.67. The molecule has 2 aromatic rings. The van der Waals surface area contributed by atoms with Crippen LogP contribution in [0.2, 0.25) is 5.02 Å². The van der Waals surface area contributed by atoms with Crippen molar-refractivity contribution in [2.45, 2.75) is 6.54 Å². The zero-order valence-corrected chi connectivity index (χ0v) is 16.2. The maximum atomic E-state index is 13.1. The van der Waals surface area contributed by atoms with Crippen LogP contribution in [0.5, 0.6) is 11.5 Å². The number of hydrogen-bond donors (Lipinski definition) is 3. The summed E-state index contributed by atoms with van der Waals surface area (Å²) >= 11 is 5.97. The number of hydrogen-bond acceptors (Lipinski definition) is 3. The topological polar surface area (TPSA) is 56.4 Å². The first-order chi connectivity index (χ1) is 13.6. The summed E-state index contributed by atoms with van der Waals surface area (Å²) in [4.78, 5) is 15.0. The van der Waals surface area contributed by atoms with Crippen molar-refractivity contribution >= 4 is 23.2 Å². The molecule has 6 nitrogen and oxygen atoms in total. The van der Waals surface area contributed by atoms with Crippen molar-refractivity contribution in [2.75, 3.05) is 44.8 Å². The second kappa shape index (κ2) is 8.34. The Morgan fingerprint density at radius 2 is 1.79 bits per heavy atom. The predicted octanol–water partition coefficient (Wildman–Crippen LogP) is 0.130. The summed E-state index contributed by atoms with van der Waals surface area (Å²) in [6.07, 6.45) is 0. The van der Waals surface area contributed by atoms with Gasteiger partial charge in [0.15, 0.2) is 18.0 Å². The van der Waals surface area contributed by atoms with Crippen molar-refractivity contribution in [2.24, 2.45) is 0 Å². The van der Waals surface area contributed by atoms with Crippen LogP contribution in [-0.2, 0) is 11.3 Å². The SMILES string of the molecule is O=C(C[NH+]1CC[NH+](Cc2ccc3c(c2)OCO3)CC1)Nc1ccc(F)cc1Cl. The van der Waals surface area contributed by atoms with E-state index in [1.807, 2.05) is 6.07 Å². The smallest absolute Gasteiger partial charge is 0.279 e. The third-order valence-electron chi connectivity index (χ3n) is 5.17. The van der Waals surface area contributed by atoms with Crippen molar-refractivity contribution < 1.29 is 28.5 Å². The minimum absolute atomic E-state index is 0.109. The van der Waals surface area contributed by atoms with Crippen LogP contribution >= 0.6 is 11.6 Å². The second-order valence-corrected chi connectivity index (χ2v) is 7.62. The quantitative estimate of drug-likeness (QED) is 0.660. The first-order valence-electron chi connectivity index (χ1n) is 9.37. The zero-order chi connectivity index (χ0) is 19.5. The monoisotopic (exact) mass is 407 g/mol. The molecule has 0 aliphatic carbocycles. The van der Waals surface area contributed by atoms with E-state index in [4.69, 9.17) is 21.1 Å². The van der Waals surface area contributed by atoms with Gasteiger partial charge in [-0.3, -0.25) is 4.79 Å². The van der Waals surface area contributed by atoms with Gasteiger partial charge in [0.2, 0.25) is 6.79 Å². The molecule has 0 bridgehead atoms. The third-order valence-corrected chi connectivity index (χ3v) is 5.48. The Bertz CT molecular complexity index is 872. The van der Waals surface area contributed by atoms with Crippen LogP contribution in [0.1, 0.15) is 5.56 Å². The van der Waals surface area contributed by atoms with E-state index in [-0.39, 0.29) is 10.9 Å². The van der Waals surface area contributed by atoms with Gasteiger partial charge in [-0.05, 0) is 36.4 Å². The molecule has 4 rings (SSSR count). The minimum Gasteiger partial charge on any atom is -0.454 e. The number of fused-ring (bicyclic) bond motifs is 1. The van der Waals surface area contributed by atoms with Gasteiger partial charge < -0.3 is 24.6 Å². The maximum absolute atomic E-state index is 13.1. The highest BCUT2D eigenvalue weighted by molar-refractivity contribution is 6.33. The van der Waals surface area contributed by atoms with Gasteiger partial charge in [0, 0.05) is 5.56 Å². The molecule has 0 atom stereocenters. The molecular weight excluding hydrogens is 385 g/mol. The second-order valence-electron chi connectivity index (χ2n) is 7.21. The normalized spacial score (nSPS) is 20.8. The van der Waals surface area contributed by atoms with Gasteiger partial charge in [0.25, 0.3) is 5.91 Å². The van der Waals surface area contributed by atoms with E-state index in [9.17, 15) is 9.18 Å². The number of nitrogens with one attached hydrogen (secondary N) is 3. The lowest BCUT2D eigenvalue weighted by Crippen LogP contribution is -3.28. The lowest BCUT2D eigenvalue weighted by atomic mass is 10.1. The predicted molar refractivity (Wildman–Crippen MR) is 103 cm³/mol. The molecule has 1 saturated heterocycles. The third kappa shape index (κ3) is 4.55. The number of ether oxygens (including phenoxy) is 2. The summed E-state index contributed by atoms with van der Waals surface area (Å²) in [6, 6.07) is 10.1. The van der Waals surface area contributed by atoms with E-state index in [1.165, 1.54) is 33.6 Å². The molecule has 2 aliphatic rings. The van der Waals surface area contributed by atoms with E-state index in [0.29, 0.717) is 19.0 Å². The van der Waals surface area contributed by atoms with Crippen molar-refractivity contribution in [3.63, 3.8) is 0 Å². The fourth-order valence-corrected chi connectivity index (χ4v) is 3.88. The van der Waals surface area contributed by atoms with E-state index >= 15 is 0 Å². The minimum atomic E-state index is -0.421. The van der Waals surface area contributed by atoms with Crippen LogP contribution in [0, 0.1) is 5.82 Å². The van der Waals surface area contributed by atoms with Crippen molar-refractivity contribution in [3.8, 4) is 11.5 Å². The average Bonchev–Trinajstić information content (AvgIpc) is 3.13. The number of amides is 1. The average molecular weight is 408 g/mol. The highest BCUT2D eigenvalue weighted by Gasteiger charge is 2.25. The molecule has 2 aliphatic heterocycles. The number of quaternary nitrogens is 2. The molecule has 8 heteroatoms. The first kappa shape index (κ1) is 19.0. The van der Waals surface area contributed by atoms with Gasteiger partial charge in [-0.25, -0.2) is 4.39 Å².